The van der Waals surface area contributed by atoms with Crippen molar-refractivity contribution in [3.63, 3.8) is 0 Å². The Labute approximate surface area is 123 Å². The SMILES string of the molecule is COCCNC(=O)CN(C)C(=O)c1cnc(C)cc1Cl. The smallest absolute Gasteiger partial charge is 0.257 e. The summed E-state index contributed by atoms with van der Waals surface area (Å²) in [5.41, 5.74) is 1.01. The lowest BCUT2D eigenvalue weighted by Crippen LogP contribution is -2.39. The molecule has 20 heavy (non-hydrogen) atoms. The highest BCUT2D eigenvalue weighted by atomic mass is 35.5. The van der Waals surface area contributed by atoms with E-state index in [4.69, 9.17) is 16.3 Å². The topological polar surface area (TPSA) is 71.5 Å². The summed E-state index contributed by atoms with van der Waals surface area (Å²) in [5.74, 6) is -0.599. The predicted octanol–water partition coefficient (Wildman–Crippen LogP) is 0.878. The van der Waals surface area contributed by atoms with Crippen LogP contribution in [0.25, 0.3) is 0 Å². The van der Waals surface area contributed by atoms with Gasteiger partial charge in [-0.3, -0.25) is 14.6 Å². The lowest BCUT2D eigenvalue weighted by Gasteiger charge is -2.17. The van der Waals surface area contributed by atoms with Gasteiger partial charge in [0.25, 0.3) is 5.91 Å². The van der Waals surface area contributed by atoms with Crippen molar-refractivity contribution in [2.75, 3.05) is 33.9 Å². The van der Waals surface area contributed by atoms with Gasteiger partial charge in [0, 0.05) is 32.6 Å². The maximum atomic E-state index is 12.1. The van der Waals surface area contributed by atoms with Crippen molar-refractivity contribution in [1.29, 1.82) is 0 Å². The second-order valence-electron chi connectivity index (χ2n) is 4.31. The van der Waals surface area contributed by atoms with E-state index in [1.165, 1.54) is 18.1 Å². The van der Waals surface area contributed by atoms with Gasteiger partial charge in [-0.25, -0.2) is 0 Å². The molecule has 0 aromatic carbocycles. The number of likely N-dealkylation sites (N-methyl/N-ethyl adjacent to an activating group) is 1. The Hall–Kier alpha value is -1.66. The Kier molecular flexibility index (Phi) is 6.41. The minimum atomic E-state index is -0.343. The van der Waals surface area contributed by atoms with Gasteiger partial charge in [-0.15, -0.1) is 0 Å². The number of carbonyl (C=O) groups is 2. The molecule has 0 unspecified atom stereocenters. The Bertz CT molecular complexity index is 494. The number of pyridine rings is 1. The first kappa shape index (κ1) is 16.4. The minimum Gasteiger partial charge on any atom is -0.383 e. The van der Waals surface area contributed by atoms with Crippen LogP contribution >= 0.6 is 11.6 Å². The lowest BCUT2D eigenvalue weighted by atomic mass is 10.2. The molecule has 0 saturated carbocycles. The molecule has 2 amide bonds. The van der Waals surface area contributed by atoms with Gasteiger partial charge in [-0.1, -0.05) is 11.6 Å². The van der Waals surface area contributed by atoms with Crippen molar-refractivity contribution in [2.24, 2.45) is 0 Å². The van der Waals surface area contributed by atoms with Crippen LogP contribution in [0.5, 0.6) is 0 Å². The van der Waals surface area contributed by atoms with Crippen molar-refractivity contribution in [2.45, 2.75) is 6.92 Å². The van der Waals surface area contributed by atoms with Gasteiger partial charge in [0.2, 0.25) is 5.91 Å². The lowest BCUT2D eigenvalue weighted by molar-refractivity contribution is -0.121. The molecule has 0 bridgehead atoms. The van der Waals surface area contributed by atoms with E-state index in [0.717, 1.165) is 5.69 Å². The third-order valence-electron chi connectivity index (χ3n) is 2.58. The van der Waals surface area contributed by atoms with Crippen molar-refractivity contribution >= 4 is 23.4 Å². The predicted molar refractivity (Wildman–Crippen MR) is 75.8 cm³/mol. The molecule has 0 saturated heterocycles. The van der Waals surface area contributed by atoms with E-state index in [9.17, 15) is 9.59 Å². The van der Waals surface area contributed by atoms with Crippen LogP contribution in [0, 0.1) is 6.92 Å². The Morgan fingerprint density at radius 3 is 2.80 bits per heavy atom. The maximum absolute atomic E-state index is 12.1. The Morgan fingerprint density at radius 1 is 1.50 bits per heavy atom. The number of ether oxygens (including phenoxy) is 1. The van der Waals surface area contributed by atoms with Crippen LogP contribution in [-0.2, 0) is 9.53 Å². The fraction of sp³-hybridized carbons (Fsp3) is 0.462. The molecule has 0 spiro atoms. The first-order chi connectivity index (χ1) is 9.45. The summed E-state index contributed by atoms with van der Waals surface area (Å²) in [6.07, 6.45) is 1.42. The summed E-state index contributed by atoms with van der Waals surface area (Å²) in [6, 6.07) is 1.61. The number of hydrogen-bond donors (Lipinski definition) is 1. The number of nitrogens with zero attached hydrogens (tertiary/aromatic N) is 2. The molecule has 0 aliphatic rings. The third kappa shape index (κ3) is 4.79. The van der Waals surface area contributed by atoms with Crippen LogP contribution in [0.15, 0.2) is 12.3 Å². The number of aryl methyl sites for hydroxylation is 1. The van der Waals surface area contributed by atoms with Crippen molar-refractivity contribution in [3.05, 3.63) is 28.5 Å². The summed E-state index contributed by atoms with van der Waals surface area (Å²) >= 11 is 6.00. The number of methoxy groups -OCH3 is 1. The molecule has 110 valence electrons. The summed E-state index contributed by atoms with van der Waals surface area (Å²) in [5, 5.41) is 2.97. The van der Waals surface area contributed by atoms with E-state index < -0.39 is 0 Å². The van der Waals surface area contributed by atoms with Crippen molar-refractivity contribution < 1.29 is 14.3 Å². The van der Waals surface area contributed by atoms with Crippen LogP contribution in [0.2, 0.25) is 5.02 Å². The number of halogens is 1. The second-order valence-corrected chi connectivity index (χ2v) is 4.72. The van der Waals surface area contributed by atoms with Gasteiger partial charge < -0.3 is 15.0 Å². The number of nitrogens with one attached hydrogen (secondary N) is 1. The minimum absolute atomic E-state index is 0.0489. The van der Waals surface area contributed by atoms with Gasteiger partial charge in [-0.05, 0) is 13.0 Å². The molecule has 1 aromatic heterocycles. The molecule has 0 atom stereocenters. The van der Waals surface area contributed by atoms with E-state index in [2.05, 4.69) is 10.3 Å². The fourth-order valence-corrected chi connectivity index (χ4v) is 1.81. The molecule has 0 fully saturated rings. The zero-order valence-electron chi connectivity index (χ0n) is 11.8. The highest BCUT2D eigenvalue weighted by Gasteiger charge is 2.17. The molecular weight excluding hydrogens is 282 g/mol. The van der Waals surface area contributed by atoms with E-state index >= 15 is 0 Å². The molecule has 0 radical (unpaired) electrons. The zero-order chi connectivity index (χ0) is 15.1. The average molecular weight is 300 g/mol. The molecule has 1 aromatic rings. The number of amides is 2. The first-order valence-corrected chi connectivity index (χ1v) is 6.46. The Morgan fingerprint density at radius 2 is 2.20 bits per heavy atom. The quantitative estimate of drug-likeness (QED) is 0.792. The van der Waals surface area contributed by atoms with Gasteiger partial charge in [0.15, 0.2) is 0 Å². The van der Waals surface area contributed by atoms with E-state index in [1.54, 1.807) is 20.1 Å². The van der Waals surface area contributed by atoms with E-state index in [-0.39, 0.29) is 23.9 Å². The maximum Gasteiger partial charge on any atom is 0.257 e. The summed E-state index contributed by atoms with van der Waals surface area (Å²) in [7, 11) is 3.09. The van der Waals surface area contributed by atoms with E-state index in [1.807, 2.05) is 0 Å². The van der Waals surface area contributed by atoms with Crippen molar-refractivity contribution in [1.82, 2.24) is 15.2 Å². The van der Waals surface area contributed by atoms with Crippen LogP contribution in [0.3, 0.4) is 0 Å². The molecule has 1 rings (SSSR count). The van der Waals surface area contributed by atoms with Gasteiger partial charge in [0.1, 0.15) is 0 Å². The second kappa shape index (κ2) is 7.81. The molecule has 1 heterocycles. The molecule has 0 aliphatic heterocycles. The summed E-state index contributed by atoms with van der Waals surface area (Å²) in [6.45, 7) is 2.57. The number of rotatable bonds is 6. The molecule has 0 aliphatic carbocycles. The van der Waals surface area contributed by atoms with Gasteiger partial charge in [0.05, 0.1) is 23.7 Å². The summed E-state index contributed by atoms with van der Waals surface area (Å²) in [4.78, 5) is 29.1. The zero-order valence-corrected chi connectivity index (χ0v) is 12.5. The first-order valence-electron chi connectivity index (χ1n) is 6.09. The average Bonchev–Trinajstić information content (AvgIpc) is 2.38. The third-order valence-corrected chi connectivity index (χ3v) is 2.89. The number of carbonyl (C=O) groups excluding carboxylic acids is 2. The van der Waals surface area contributed by atoms with Crippen LogP contribution in [0.4, 0.5) is 0 Å². The normalized spacial score (nSPS) is 10.2. The largest absolute Gasteiger partial charge is 0.383 e. The number of aromatic nitrogens is 1. The molecule has 1 N–H and O–H groups in total. The molecule has 7 heteroatoms. The standard InChI is InChI=1S/C13H18ClN3O3/c1-9-6-11(14)10(7-16-9)13(19)17(2)8-12(18)15-4-5-20-3/h6-7H,4-5,8H2,1-3H3,(H,15,18). The van der Waals surface area contributed by atoms with Crippen molar-refractivity contribution in [3.8, 4) is 0 Å². The highest BCUT2D eigenvalue weighted by molar-refractivity contribution is 6.33. The van der Waals surface area contributed by atoms with E-state index in [0.29, 0.717) is 18.2 Å². The fourth-order valence-electron chi connectivity index (χ4n) is 1.53. The highest BCUT2D eigenvalue weighted by Crippen LogP contribution is 2.17. The van der Waals surface area contributed by atoms with Crippen LogP contribution in [-0.4, -0.2) is 55.6 Å². The molecular formula is C13H18ClN3O3. The van der Waals surface area contributed by atoms with Gasteiger partial charge >= 0.3 is 0 Å². The molecule has 6 nitrogen and oxygen atoms in total. The number of hydrogen-bond acceptors (Lipinski definition) is 4. The van der Waals surface area contributed by atoms with Gasteiger partial charge in [-0.2, -0.15) is 0 Å². The van der Waals surface area contributed by atoms with Crippen LogP contribution < -0.4 is 5.32 Å². The van der Waals surface area contributed by atoms with Crippen LogP contribution in [0.1, 0.15) is 16.1 Å². The summed E-state index contributed by atoms with van der Waals surface area (Å²) < 4.78 is 4.82. The monoisotopic (exact) mass is 299 g/mol. The Balaban J connectivity index is 2.60.